The van der Waals surface area contributed by atoms with Crippen molar-refractivity contribution in [1.29, 1.82) is 0 Å². The van der Waals surface area contributed by atoms with E-state index in [1.54, 1.807) is 6.07 Å². The van der Waals surface area contributed by atoms with Crippen LogP contribution in [-0.2, 0) is 11.2 Å². The number of halogens is 1. The van der Waals surface area contributed by atoms with Crippen LogP contribution in [0.3, 0.4) is 0 Å². The van der Waals surface area contributed by atoms with Crippen LogP contribution in [0.15, 0.2) is 18.2 Å². The van der Waals surface area contributed by atoms with E-state index in [0.29, 0.717) is 24.8 Å². The van der Waals surface area contributed by atoms with E-state index in [4.69, 9.17) is 5.11 Å². The monoisotopic (exact) mass is 291 g/mol. The highest BCUT2D eigenvalue weighted by molar-refractivity contribution is 5.75. The smallest absolute Gasteiger partial charge is 0.306 e. The number of aliphatic carboxylic acids is 1. The number of benzene rings is 1. The zero-order valence-electron chi connectivity index (χ0n) is 11.7. The summed E-state index contributed by atoms with van der Waals surface area (Å²) in [5.74, 6) is -0.434. The van der Waals surface area contributed by atoms with Gasteiger partial charge >= 0.3 is 5.97 Å². The van der Waals surface area contributed by atoms with Gasteiger partial charge in [0.15, 0.2) is 5.82 Å². The van der Waals surface area contributed by atoms with Crippen molar-refractivity contribution in [1.82, 2.24) is 14.9 Å². The second-order valence-electron chi connectivity index (χ2n) is 5.52. The number of carboxylic acid groups (broad SMARTS) is 1. The number of aromatic amines is 1. The normalized spacial score (nSPS) is 17.4. The molecule has 1 fully saturated rings. The SMILES string of the molecule is O=C(O)C1CCN(CCc2nc3c(F)cccc3[nH]2)CC1. The fourth-order valence-electron chi connectivity index (χ4n) is 2.83. The van der Waals surface area contributed by atoms with E-state index in [-0.39, 0.29) is 11.7 Å². The van der Waals surface area contributed by atoms with E-state index in [1.165, 1.54) is 6.07 Å². The lowest BCUT2D eigenvalue weighted by Gasteiger charge is -2.29. The number of para-hydroxylation sites is 1. The average Bonchev–Trinajstić information content (AvgIpc) is 2.90. The predicted molar refractivity (Wildman–Crippen MR) is 76.6 cm³/mol. The molecule has 1 saturated heterocycles. The number of fused-ring (bicyclic) bond motifs is 1. The minimum atomic E-state index is -0.692. The first-order valence-corrected chi connectivity index (χ1v) is 7.22. The quantitative estimate of drug-likeness (QED) is 0.904. The number of H-pyrrole nitrogens is 1. The maximum absolute atomic E-state index is 13.6. The van der Waals surface area contributed by atoms with Crippen LogP contribution < -0.4 is 0 Å². The van der Waals surface area contributed by atoms with Gasteiger partial charge in [-0.25, -0.2) is 9.37 Å². The van der Waals surface area contributed by atoms with Gasteiger partial charge in [-0.05, 0) is 38.1 Å². The Morgan fingerprint density at radius 1 is 1.43 bits per heavy atom. The third kappa shape index (κ3) is 3.05. The maximum Gasteiger partial charge on any atom is 0.306 e. The molecule has 5 nitrogen and oxygen atoms in total. The Hall–Kier alpha value is -1.95. The van der Waals surface area contributed by atoms with Gasteiger partial charge in [0, 0.05) is 13.0 Å². The van der Waals surface area contributed by atoms with Crippen molar-refractivity contribution in [3.63, 3.8) is 0 Å². The molecular weight excluding hydrogens is 273 g/mol. The molecule has 0 saturated carbocycles. The summed E-state index contributed by atoms with van der Waals surface area (Å²) in [6, 6.07) is 4.88. The first kappa shape index (κ1) is 14.0. The summed E-state index contributed by atoms with van der Waals surface area (Å²) in [5.41, 5.74) is 1.10. The summed E-state index contributed by atoms with van der Waals surface area (Å²) in [6.45, 7) is 2.41. The van der Waals surface area contributed by atoms with Crippen LogP contribution in [0.5, 0.6) is 0 Å². The first-order chi connectivity index (χ1) is 10.1. The van der Waals surface area contributed by atoms with E-state index in [2.05, 4.69) is 14.9 Å². The number of likely N-dealkylation sites (tertiary alicyclic amines) is 1. The van der Waals surface area contributed by atoms with Gasteiger partial charge in [-0.15, -0.1) is 0 Å². The highest BCUT2D eigenvalue weighted by Gasteiger charge is 2.24. The van der Waals surface area contributed by atoms with E-state index in [0.717, 1.165) is 31.0 Å². The number of nitrogens with zero attached hydrogens (tertiary/aromatic N) is 2. The molecule has 0 spiro atoms. The molecule has 21 heavy (non-hydrogen) atoms. The highest BCUT2D eigenvalue weighted by atomic mass is 19.1. The molecule has 3 rings (SSSR count). The average molecular weight is 291 g/mol. The van der Waals surface area contributed by atoms with Crippen LogP contribution in [0.1, 0.15) is 18.7 Å². The number of aromatic nitrogens is 2. The number of imidazole rings is 1. The molecule has 2 heterocycles. The summed E-state index contributed by atoms with van der Waals surface area (Å²) >= 11 is 0. The zero-order chi connectivity index (χ0) is 14.8. The van der Waals surface area contributed by atoms with Crippen molar-refractivity contribution in [2.75, 3.05) is 19.6 Å². The minimum absolute atomic E-state index is 0.207. The Labute approximate surface area is 121 Å². The Kier molecular flexibility index (Phi) is 3.88. The molecule has 1 aliphatic heterocycles. The number of nitrogens with one attached hydrogen (secondary N) is 1. The van der Waals surface area contributed by atoms with Crippen molar-refractivity contribution in [3.8, 4) is 0 Å². The molecule has 1 aromatic carbocycles. The molecule has 1 aliphatic rings. The maximum atomic E-state index is 13.6. The standard InChI is InChI=1S/C15H18FN3O2/c16-11-2-1-3-12-14(11)18-13(17-12)6-9-19-7-4-10(5-8-19)15(20)21/h1-3,10H,4-9H2,(H,17,18)(H,20,21). The van der Waals surface area contributed by atoms with Crippen molar-refractivity contribution in [2.24, 2.45) is 5.92 Å². The number of hydrogen-bond donors (Lipinski definition) is 2. The zero-order valence-corrected chi connectivity index (χ0v) is 11.7. The van der Waals surface area contributed by atoms with E-state index in [9.17, 15) is 9.18 Å². The third-order valence-corrected chi connectivity index (χ3v) is 4.11. The van der Waals surface area contributed by atoms with E-state index >= 15 is 0 Å². The van der Waals surface area contributed by atoms with Crippen molar-refractivity contribution in [2.45, 2.75) is 19.3 Å². The lowest BCUT2D eigenvalue weighted by molar-refractivity contribution is -0.143. The second-order valence-corrected chi connectivity index (χ2v) is 5.52. The van der Waals surface area contributed by atoms with Crippen LogP contribution in [0.2, 0.25) is 0 Å². The number of carboxylic acids is 1. The summed E-state index contributed by atoms with van der Waals surface area (Å²) in [4.78, 5) is 20.6. The topological polar surface area (TPSA) is 69.2 Å². The first-order valence-electron chi connectivity index (χ1n) is 7.22. The van der Waals surface area contributed by atoms with Crippen LogP contribution >= 0.6 is 0 Å². The van der Waals surface area contributed by atoms with Gasteiger partial charge in [0.1, 0.15) is 11.3 Å². The van der Waals surface area contributed by atoms with Crippen LogP contribution in [-0.4, -0.2) is 45.6 Å². The van der Waals surface area contributed by atoms with Crippen molar-refractivity contribution in [3.05, 3.63) is 29.8 Å². The largest absolute Gasteiger partial charge is 0.481 e. The fraction of sp³-hybridized carbons (Fsp3) is 0.467. The van der Waals surface area contributed by atoms with Crippen molar-refractivity contribution < 1.29 is 14.3 Å². The molecular formula is C15H18FN3O2. The van der Waals surface area contributed by atoms with Crippen LogP contribution in [0, 0.1) is 11.7 Å². The predicted octanol–water partition coefficient (Wildman–Crippen LogP) is 2.04. The number of carbonyl (C=O) groups is 1. The molecule has 6 heteroatoms. The Balaban J connectivity index is 1.57. The van der Waals surface area contributed by atoms with E-state index in [1.807, 2.05) is 6.07 Å². The Morgan fingerprint density at radius 2 is 2.19 bits per heavy atom. The minimum Gasteiger partial charge on any atom is -0.481 e. The van der Waals surface area contributed by atoms with Crippen LogP contribution in [0.25, 0.3) is 11.0 Å². The molecule has 0 bridgehead atoms. The van der Waals surface area contributed by atoms with Gasteiger partial charge in [-0.3, -0.25) is 4.79 Å². The van der Waals surface area contributed by atoms with Gasteiger partial charge in [0.05, 0.1) is 11.4 Å². The molecule has 0 unspecified atom stereocenters. The number of hydrogen-bond acceptors (Lipinski definition) is 3. The molecule has 0 aliphatic carbocycles. The van der Waals surface area contributed by atoms with Crippen molar-refractivity contribution >= 4 is 17.0 Å². The molecule has 1 aromatic heterocycles. The molecule has 0 radical (unpaired) electrons. The summed E-state index contributed by atoms with van der Waals surface area (Å²) < 4.78 is 13.6. The molecule has 2 aromatic rings. The highest BCUT2D eigenvalue weighted by Crippen LogP contribution is 2.18. The molecule has 0 atom stereocenters. The van der Waals surface area contributed by atoms with Crippen LogP contribution in [0.4, 0.5) is 4.39 Å². The third-order valence-electron chi connectivity index (χ3n) is 4.11. The molecule has 2 N–H and O–H groups in total. The number of piperidine rings is 1. The molecule has 0 amide bonds. The van der Waals surface area contributed by atoms with Gasteiger partial charge in [0.2, 0.25) is 0 Å². The lowest BCUT2D eigenvalue weighted by Crippen LogP contribution is -2.37. The summed E-state index contributed by atoms with van der Waals surface area (Å²) in [5, 5.41) is 8.97. The van der Waals surface area contributed by atoms with Gasteiger partial charge in [-0.2, -0.15) is 0 Å². The molecule has 112 valence electrons. The Bertz CT molecular complexity index is 647. The van der Waals surface area contributed by atoms with E-state index < -0.39 is 5.97 Å². The lowest BCUT2D eigenvalue weighted by atomic mass is 9.97. The van der Waals surface area contributed by atoms with Gasteiger partial charge < -0.3 is 15.0 Å². The summed E-state index contributed by atoms with van der Waals surface area (Å²) in [6.07, 6.45) is 2.11. The number of rotatable bonds is 4. The fourth-order valence-corrected chi connectivity index (χ4v) is 2.83. The summed E-state index contributed by atoms with van der Waals surface area (Å²) in [7, 11) is 0. The van der Waals surface area contributed by atoms with Gasteiger partial charge in [0.25, 0.3) is 0 Å². The van der Waals surface area contributed by atoms with Gasteiger partial charge in [-0.1, -0.05) is 6.07 Å². The second kappa shape index (κ2) is 5.81. The Morgan fingerprint density at radius 3 is 2.86 bits per heavy atom.